The van der Waals surface area contributed by atoms with Gasteiger partial charge in [-0.2, -0.15) is 127 Å². The molecule has 7 rings (SSSR count). The summed E-state index contributed by atoms with van der Waals surface area (Å²) < 4.78 is 343. The summed E-state index contributed by atoms with van der Waals surface area (Å²) in [6.45, 7) is 0.749. The number of halogens is 24. The molecule has 0 N–H and O–H groups in total. The van der Waals surface area contributed by atoms with E-state index in [-0.39, 0.29) is 10.6 Å². The van der Waals surface area contributed by atoms with E-state index in [1.54, 1.807) is 12.1 Å². The van der Waals surface area contributed by atoms with E-state index in [9.17, 15) is 115 Å². The minimum absolute atomic E-state index is 0.148. The number of benzene rings is 6. The molecule has 410 valence electrons. The van der Waals surface area contributed by atoms with Gasteiger partial charge in [-0.05, 0) is 30.3 Å². The van der Waals surface area contributed by atoms with Crippen LogP contribution >= 0.6 is 0 Å². The third-order valence-corrected chi connectivity index (χ3v) is 11.7. The Kier molecular flexibility index (Phi) is 15.4. The van der Waals surface area contributed by atoms with Crippen molar-refractivity contribution in [3.63, 3.8) is 0 Å². The first-order valence-electron chi connectivity index (χ1n) is 21.0. The van der Waals surface area contributed by atoms with Crippen molar-refractivity contribution in [2.75, 3.05) is 0 Å². The van der Waals surface area contributed by atoms with Crippen LogP contribution in [0, 0.1) is 10.1 Å². The normalized spacial score (nSPS) is 13.4. The number of hydrogen-bond acceptors (Lipinski definition) is 2. The van der Waals surface area contributed by atoms with E-state index in [1.807, 2.05) is 41.2 Å². The fraction of sp³-hybridized carbons (Fsp3) is 0.188. The molecule has 0 aliphatic rings. The number of rotatable bonds is 7. The Bertz CT molecular complexity index is 2880. The SMILES string of the molecule is FC(F)(F)c1cc([B-](c2cc(C(F)(F)F)cc(C(F)(F)F)c2)(c2cc(C(F)(F)F)cc(C(F)(F)F)c2)c2cc(C(F)(F)F)cc(C(F)(F)F)c2)cc(C(F)(F)F)c1.O=[N+]([O-])c1cccc2c[n+](Cc3ccccc3)ccc12. The lowest BCUT2D eigenvalue weighted by Crippen LogP contribution is -2.75. The Morgan fingerprint density at radius 3 is 0.922 bits per heavy atom. The van der Waals surface area contributed by atoms with Crippen LogP contribution in [0.1, 0.15) is 50.1 Å². The van der Waals surface area contributed by atoms with Gasteiger partial charge in [0.25, 0.3) is 5.69 Å². The minimum atomic E-state index is -6.13. The molecular weight excluding hydrogens is 1100 g/mol. The number of non-ortho nitro benzene ring substituents is 1. The fourth-order valence-electron chi connectivity index (χ4n) is 8.38. The summed E-state index contributed by atoms with van der Waals surface area (Å²) in [7, 11) is 0. The third kappa shape index (κ3) is 13.2. The first kappa shape index (κ1) is 58.8. The van der Waals surface area contributed by atoms with Crippen molar-refractivity contribution >= 4 is 44.5 Å². The van der Waals surface area contributed by atoms with Gasteiger partial charge in [0.05, 0.1) is 60.2 Å². The van der Waals surface area contributed by atoms with Gasteiger partial charge in [0.2, 0.25) is 0 Å². The maximum Gasteiger partial charge on any atom is 0.416 e. The summed E-state index contributed by atoms with van der Waals surface area (Å²) in [5, 5.41) is 12.5. The molecule has 0 unspecified atom stereocenters. The highest BCUT2D eigenvalue weighted by atomic mass is 19.4. The molecule has 0 radical (unpaired) electrons. The number of hydrogen-bond donors (Lipinski definition) is 0. The van der Waals surface area contributed by atoms with Crippen molar-refractivity contribution in [3.05, 3.63) is 200 Å². The van der Waals surface area contributed by atoms with Crippen LogP contribution in [0.2, 0.25) is 0 Å². The van der Waals surface area contributed by atoms with Crippen LogP contribution in [0.3, 0.4) is 0 Å². The third-order valence-electron chi connectivity index (χ3n) is 11.7. The topological polar surface area (TPSA) is 47.0 Å². The molecule has 4 nitrogen and oxygen atoms in total. The lowest BCUT2D eigenvalue weighted by atomic mass is 9.12. The summed E-state index contributed by atoms with van der Waals surface area (Å²) in [6, 6.07) is 8.24. The smallest absolute Gasteiger partial charge is 0.258 e. The second kappa shape index (κ2) is 20.1. The van der Waals surface area contributed by atoms with E-state index >= 15 is 0 Å². The molecule has 0 bridgehead atoms. The van der Waals surface area contributed by atoms with Crippen LogP contribution in [0.25, 0.3) is 10.8 Å². The standard InChI is InChI=1S/C32H12BF24.C16H13N2O2/c34-25(35,36)13-1-14(26(37,38)39)6-21(5-13)33(22-7-15(27(40,41)42)2-16(8-22)28(43,44)45,23-9-17(29(46,47)48)3-18(10-23)30(49,50)51)24-11-19(31(52,53)54)4-20(12-24)32(55,56)57;19-18(20)16-8-4-7-14-12-17(10-9-15(14)16)11-13-5-2-1-3-6-13/h1-12H;1-10,12H,11H2/q-1;+1. The number of fused-ring (bicyclic) bond motifs is 1. The molecular formula is C48H25BF24N2O2. The summed E-state index contributed by atoms with van der Waals surface area (Å²) in [5.74, 6) is 0. The molecule has 0 spiro atoms. The van der Waals surface area contributed by atoms with E-state index in [4.69, 9.17) is 0 Å². The quantitative estimate of drug-likeness (QED) is 0.0525. The lowest BCUT2D eigenvalue weighted by Gasteiger charge is -2.46. The zero-order chi connectivity index (χ0) is 57.9. The second-order valence-corrected chi connectivity index (χ2v) is 16.9. The van der Waals surface area contributed by atoms with Crippen molar-refractivity contribution in [1.29, 1.82) is 0 Å². The molecule has 1 aromatic heterocycles. The highest BCUT2D eigenvalue weighted by Crippen LogP contribution is 2.41. The van der Waals surface area contributed by atoms with Gasteiger partial charge in [0.15, 0.2) is 18.9 Å². The number of pyridine rings is 1. The molecule has 29 heteroatoms. The van der Waals surface area contributed by atoms with E-state index < -0.39 is 195 Å². The first-order valence-corrected chi connectivity index (χ1v) is 21.0. The minimum Gasteiger partial charge on any atom is -0.258 e. The number of alkyl halides is 24. The van der Waals surface area contributed by atoms with Gasteiger partial charge >= 0.3 is 49.4 Å². The molecule has 6 aromatic carbocycles. The van der Waals surface area contributed by atoms with Gasteiger partial charge in [-0.15, -0.1) is 0 Å². The second-order valence-electron chi connectivity index (χ2n) is 16.9. The van der Waals surface area contributed by atoms with E-state index in [0.29, 0.717) is 5.39 Å². The largest absolute Gasteiger partial charge is 0.416 e. The van der Waals surface area contributed by atoms with Gasteiger partial charge in [-0.3, -0.25) is 10.1 Å². The van der Waals surface area contributed by atoms with Gasteiger partial charge < -0.3 is 0 Å². The number of aromatic nitrogens is 1. The highest BCUT2D eigenvalue weighted by molar-refractivity contribution is 7.20. The van der Waals surface area contributed by atoms with Gasteiger partial charge in [0, 0.05) is 17.7 Å². The predicted octanol–water partition coefficient (Wildman–Crippen LogP) is 14.3. The first-order chi connectivity index (χ1) is 35.0. The molecule has 0 aliphatic heterocycles. The zero-order valence-corrected chi connectivity index (χ0v) is 37.3. The van der Waals surface area contributed by atoms with E-state index in [0.717, 1.165) is 11.9 Å². The van der Waals surface area contributed by atoms with Crippen molar-refractivity contribution in [2.45, 2.75) is 56.0 Å². The van der Waals surface area contributed by atoms with E-state index in [1.165, 1.54) is 11.6 Å². The Labute approximate surface area is 414 Å². The van der Waals surface area contributed by atoms with Crippen molar-refractivity contribution in [2.24, 2.45) is 0 Å². The average Bonchev–Trinajstić information content (AvgIpc) is 3.29. The maximum absolute atomic E-state index is 14.2. The Morgan fingerprint density at radius 1 is 0.377 bits per heavy atom. The summed E-state index contributed by atoms with van der Waals surface area (Å²) in [4.78, 5) is 10.6. The molecule has 1 heterocycles. The van der Waals surface area contributed by atoms with Crippen LogP contribution in [0.15, 0.2) is 140 Å². The van der Waals surface area contributed by atoms with Crippen LogP contribution < -0.4 is 26.4 Å². The number of nitro benzene ring substituents is 1. The molecule has 0 saturated heterocycles. The zero-order valence-electron chi connectivity index (χ0n) is 37.3. The van der Waals surface area contributed by atoms with Crippen LogP contribution in [0.5, 0.6) is 0 Å². The molecule has 0 aliphatic carbocycles. The highest BCUT2D eigenvalue weighted by Gasteiger charge is 2.47. The monoisotopic (exact) mass is 1130 g/mol. The van der Waals surface area contributed by atoms with E-state index in [2.05, 4.69) is 12.1 Å². The summed E-state index contributed by atoms with van der Waals surface area (Å²) >= 11 is 0. The maximum atomic E-state index is 14.2. The number of nitro groups is 1. The van der Waals surface area contributed by atoms with Crippen LogP contribution in [-0.4, -0.2) is 11.1 Å². The molecule has 0 fully saturated rings. The van der Waals surface area contributed by atoms with Crippen molar-refractivity contribution in [1.82, 2.24) is 0 Å². The molecule has 0 amide bonds. The molecule has 7 aromatic rings. The van der Waals surface area contributed by atoms with Crippen molar-refractivity contribution in [3.8, 4) is 0 Å². The van der Waals surface area contributed by atoms with Crippen LogP contribution in [-0.2, 0) is 56.0 Å². The fourth-order valence-corrected chi connectivity index (χ4v) is 8.38. The summed E-state index contributed by atoms with van der Waals surface area (Å²) in [5.41, 5.74) is -28.9. The Hall–Kier alpha value is -7.49. The predicted molar refractivity (Wildman–Crippen MR) is 226 cm³/mol. The number of nitrogens with zero attached hydrogens (tertiary/aromatic N) is 2. The van der Waals surface area contributed by atoms with Crippen molar-refractivity contribution < 1.29 is 115 Å². The Balaban J connectivity index is 0.000000397. The Morgan fingerprint density at radius 2 is 0.662 bits per heavy atom. The van der Waals surface area contributed by atoms with Gasteiger partial charge in [0.1, 0.15) is 6.15 Å². The van der Waals surface area contributed by atoms with Gasteiger partial charge in [-0.25, -0.2) is 4.57 Å². The average molecular weight is 1130 g/mol. The summed E-state index contributed by atoms with van der Waals surface area (Å²) in [6.07, 6.45) is -51.0. The molecule has 0 atom stereocenters. The van der Waals surface area contributed by atoms with Crippen LogP contribution in [0.4, 0.5) is 111 Å². The lowest BCUT2D eigenvalue weighted by molar-refractivity contribution is -0.687. The molecule has 77 heavy (non-hydrogen) atoms. The van der Waals surface area contributed by atoms with Gasteiger partial charge in [-0.1, -0.05) is 84.9 Å². The molecule has 0 saturated carbocycles.